The zero-order chi connectivity index (χ0) is 22.1. The molecule has 7 nitrogen and oxygen atoms in total. The highest BCUT2D eigenvalue weighted by atomic mass is 127. The molecule has 3 aromatic rings. The first-order valence-electron chi connectivity index (χ1n) is 10.7. The predicted octanol–water partition coefficient (Wildman–Crippen LogP) is 4.27. The van der Waals surface area contributed by atoms with Crippen molar-refractivity contribution in [1.82, 2.24) is 25.4 Å². The Hall–Kier alpha value is -2.62. The molecule has 0 saturated heterocycles. The van der Waals surface area contributed by atoms with Crippen molar-refractivity contribution < 1.29 is 4.74 Å². The average Bonchev–Trinajstić information content (AvgIpc) is 3.11. The summed E-state index contributed by atoms with van der Waals surface area (Å²) in [6, 6.07) is 16.5. The van der Waals surface area contributed by atoms with E-state index in [2.05, 4.69) is 65.0 Å². The Morgan fingerprint density at radius 3 is 2.47 bits per heavy atom. The van der Waals surface area contributed by atoms with E-state index in [1.807, 2.05) is 36.7 Å². The molecule has 2 N–H and O–H groups in total. The molecule has 1 heterocycles. The van der Waals surface area contributed by atoms with E-state index in [-0.39, 0.29) is 24.0 Å². The summed E-state index contributed by atoms with van der Waals surface area (Å²) in [6.45, 7) is 8.56. The van der Waals surface area contributed by atoms with Gasteiger partial charge in [0.15, 0.2) is 11.8 Å². The molecule has 1 aromatic heterocycles. The fourth-order valence-electron chi connectivity index (χ4n) is 3.03. The number of guanidine groups is 1. The number of halogens is 1. The Bertz CT molecular complexity index is 1000. The van der Waals surface area contributed by atoms with Crippen molar-refractivity contribution >= 4 is 29.9 Å². The molecule has 0 amide bonds. The van der Waals surface area contributed by atoms with Crippen molar-refractivity contribution in [3.63, 3.8) is 0 Å². The summed E-state index contributed by atoms with van der Waals surface area (Å²) < 4.78 is 7.93. The van der Waals surface area contributed by atoms with Crippen molar-refractivity contribution in [2.75, 3.05) is 6.61 Å². The van der Waals surface area contributed by atoms with Gasteiger partial charge >= 0.3 is 0 Å². The van der Waals surface area contributed by atoms with Gasteiger partial charge in [0, 0.05) is 19.2 Å². The molecule has 0 bridgehead atoms. The van der Waals surface area contributed by atoms with Gasteiger partial charge < -0.3 is 19.9 Å². The van der Waals surface area contributed by atoms with Crippen LogP contribution < -0.4 is 15.4 Å². The molecule has 0 aliphatic heterocycles. The molecule has 8 heteroatoms. The Labute approximate surface area is 207 Å². The van der Waals surface area contributed by atoms with Gasteiger partial charge in [0.25, 0.3) is 0 Å². The van der Waals surface area contributed by atoms with Crippen LogP contribution in [0.4, 0.5) is 0 Å². The average molecular weight is 548 g/mol. The second-order valence-corrected chi connectivity index (χ2v) is 7.54. The van der Waals surface area contributed by atoms with Crippen LogP contribution in [0.25, 0.3) is 0 Å². The van der Waals surface area contributed by atoms with Crippen LogP contribution >= 0.6 is 24.0 Å². The van der Waals surface area contributed by atoms with Crippen molar-refractivity contribution in [1.29, 1.82) is 0 Å². The molecule has 0 atom stereocenters. The van der Waals surface area contributed by atoms with E-state index in [1.165, 1.54) is 5.56 Å². The summed E-state index contributed by atoms with van der Waals surface area (Å²) in [7, 11) is 1.96. The second kappa shape index (κ2) is 13.0. The molecule has 0 fully saturated rings. The number of rotatable bonds is 9. The fourth-order valence-corrected chi connectivity index (χ4v) is 3.03. The van der Waals surface area contributed by atoms with Gasteiger partial charge in [0.2, 0.25) is 0 Å². The van der Waals surface area contributed by atoms with Crippen LogP contribution in [0, 0.1) is 13.8 Å². The van der Waals surface area contributed by atoms with Crippen molar-refractivity contribution in [2.45, 2.75) is 46.8 Å². The molecule has 0 aliphatic carbocycles. The van der Waals surface area contributed by atoms with Gasteiger partial charge in [-0.25, -0.2) is 4.99 Å². The SMILES string of the molecule is CCCOc1cc(C)ccc1CNC(=NCc1ccccc1)NCc1nnc(C)n1C.I. The van der Waals surface area contributed by atoms with Gasteiger partial charge in [0.05, 0.1) is 19.7 Å². The number of hydrogen-bond acceptors (Lipinski definition) is 4. The van der Waals surface area contributed by atoms with Crippen LogP contribution in [0.15, 0.2) is 53.5 Å². The third-order valence-corrected chi connectivity index (χ3v) is 4.99. The summed E-state index contributed by atoms with van der Waals surface area (Å²) in [4.78, 5) is 4.77. The lowest BCUT2D eigenvalue weighted by Gasteiger charge is -2.16. The smallest absolute Gasteiger partial charge is 0.192 e. The summed E-state index contributed by atoms with van der Waals surface area (Å²) >= 11 is 0. The molecule has 172 valence electrons. The lowest BCUT2D eigenvalue weighted by Crippen LogP contribution is -2.37. The molecule has 3 rings (SSSR count). The minimum atomic E-state index is 0. The maximum absolute atomic E-state index is 5.95. The summed E-state index contributed by atoms with van der Waals surface area (Å²) in [6.07, 6.45) is 0.975. The Balaban J connectivity index is 0.00000363. The molecular weight excluding hydrogens is 515 g/mol. The number of aryl methyl sites for hydroxylation is 2. The number of nitrogens with one attached hydrogen (secondary N) is 2. The van der Waals surface area contributed by atoms with Crippen LogP contribution in [-0.4, -0.2) is 27.3 Å². The summed E-state index contributed by atoms with van der Waals surface area (Å²) in [5, 5.41) is 15.2. The van der Waals surface area contributed by atoms with E-state index in [1.54, 1.807) is 0 Å². The highest BCUT2D eigenvalue weighted by molar-refractivity contribution is 14.0. The normalized spacial score (nSPS) is 11.1. The van der Waals surface area contributed by atoms with Gasteiger partial charge in [-0.2, -0.15) is 0 Å². The number of benzene rings is 2. The monoisotopic (exact) mass is 548 g/mol. The highest BCUT2D eigenvalue weighted by Crippen LogP contribution is 2.20. The van der Waals surface area contributed by atoms with Crippen LogP contribution in [0.2, 0.25) is 0 Å². The van der Waals surface area contributed by atoms with E-state index in [4.69, 9.17) is 9.73 Å². The minimum Gasteiger partial charge on any atom is -0.493 e. The maximum Gasteiger partial charge on any atom is 0.192 e. The van der Waals surface area contributed by atoms with E-state index in [0.29, 0.717) is 32.2 Å². The first-order valence-corrected chi connectivity index (χ1v) is 10.7. The van der Waals surface area contributed by atoms with E-state index >= 15 is 0 Å². The zero-order valence-electron chi connectivity index (χ0n) is 19.3. The fraction of sp³-hybridized carbons (Fsp3) is 0.375. The van der Waals surface area contributed by atoms with Crippen molar-refractivity contribution in [2.24, 2.45) is 12.0 Å². The standard InChI is InChI=1S/C24H32N6O.HI/c1-5-13-31-22-14-18(2)11-12-21(22)16-26-24(25-15-20-9-7-6-8-10-20)27-17-23-29-28-19(3)30(23)4;/h6-12,14H,5,13,15-17H2,1-4H3,(H2,25,26,27);1H. The first-order chi connectivity index (χ1) is 15.1. The zero-order valence-corrected chi connectivity index (χ0v) is 21.6. The molecule has 0 spiro atoms. The lowest BCUT2D eigenvalue weighted by atomic mass is 10.1. The largest absolute Gasteiger partial charge is 0.493 e. The van der Waals surface area contributed by atoms with Crippen molar-refractivity contribution in [3.8, 4) is 5.75 Å². The third kappa shape index (κ3) is 7.51. The molecule has 0 aliphatic rings. The molecule has 0 radical (unpaired) electrons. The topological polar surface area (TPSA) is 76.4 Å². The van der Waals surface area contributed by atoms with Crippen LogP contribution in [0.5, 0.6) is 5.75 Å². The Morgan fingerprint density at radius 2 is 1.78 bits per heavy atom. The minimum absolute atomic E-state index is 0. The van der Waals surface area contributed by atoms with Crippen LogP contribution in [0.1, 0.15) is 41.7 Å². The predicted molar refractivity (Wildman–Crippen MR) is 139 cm³/mol. The lowest BCUT2D eigenvalue weighted by molar-refractivity contribution is 0.313. The van der Waals surface area contributed by atoms with E-state index in [0.717, 1.165) is 34.9 Å². The number of nitrogens with zero attached hydrogens (tertiary/aromatic N) is 4. The molecule has 32 heavy (non-hydrogen) atoms. The molecular formula is C24H33IN6O. The van der Waals surface area contributed by atoms with Crippen LogP contribution in [-0.2, 0) is 26.7 Å². The van der Waals surface area contributed by atoms with E-state index in [9.17, 15) is 0 Å². The van der Waals surface area contributed by atoms with Gasteiger partial charge in [-0.3, -0.25) is 0 Å². The number of hydrogen-bond donors (Lipinski definition) is 2. The van der Waals surface area contributed by atoms with Gasteiger partial charge in [0.1, 0.15) is 11.6 Å². The van der Waals surface area contributed by atoms with Gasteiger partial charge in [-0.1, -0.05) is 49.4 Å². The second-order valence-electron chi connectivity index (χ2n) is 7.54. The van der Waals surface area contributed by atoms with Gasteiger partial charge in [-0.15, -0.1) is 34.2 Å². The van der Waals surface area contributed by atoms with E-state index < -0.39 is 0 Å². The summed E-state index contributed by atoms with van der Waals surface area (Å²) in [5.74, 6) is 3.37. The highest BCUT2D eigenvalue weighted by Gasteiger charge is 2.09. The maximum atomic E-state index is 5.95. The Kier molecular flexibility index (Phi) is 10.5. The quantitative estimate of drug-likeness (QED) is 0.237. The summed E-state index contributed by atoms with van der Waals surface area (Å²) in [5.41, 5.74) is 3.44. The third-order valence-electron chi connectivity index (χ3n) is 4.99. The number of aromatic nitrogens is 3. The molecule has 0 unspecified atom stereocenters. The number of aliphatic imine (C=N–C) groups is 1. The number of ether oxygens (including phenoxy) is 1. The van der Waals surface area contributed by atoms with Crippen LogP contribution in [0.3, 0.4) is 0 Å². The van der Waals surface area contributed by atoms with Gasteiger partial charge in [-0.05, 0) is 37.5 Å². The Morgan fingerprint density at radius 1 is 1.03 bits per heavy atom. The molecule has 0 saturated carbocycles. The first kappa shape index (κ1) is 25.6. The molecule has 2 aromatic carbocycles. The van der Waals surface area contributed by atoms with Crippen molar-refractivity contribution in [3.05, 3.63) is 76.9 Å².